The van der Waals surface area contributed by atoms with Crippen LogP contribution in [0.15, 0.2) is 54.6 Å². The van der Waals surface area contributed by atoms with Gasteiger partial charge in [0.25, 0.3) is 0 Å². The van der Waals surface area contributed by atoms with Gasteiger partial charge in [-0.3, -0.25) is 0 Å². The number of hydrogen-bond acceptors (Lipinski definition) is 3. The van der Waals surface area contributed by atoms with E-state index in [2.05, 4.69) is 90.4 Å². The van der Waals surface area contributed by atoms with Crippen LogP contribution >= 0.6 is 0 Å². The molecule has 0 saturated carbocycles. The first-order valence-electron chi connectivity index (χ1n) is 9.85. The molecule has 3 nitrogen and oxygen atoms in total. The van der Waals surface area contributed by atoms with Crippen molar-refractivity contribution < 1.29 is 0 Å². The monoisotopic (exact) mass is 357 g/mol. The number of aryl methyl sites for hydroxylation is 1. The molecule has 4 rings (SSSR count). The van der Waals surface area contributed by atoms with Crippen molar-refractivity contribution in [2.75, 3.05) is 37.6 Å². The number of likely N-dealkylation sites (N-methyl/N-ethyl adjacent to an activating group) is 1. The lowest BCUT2D eigenvalue weighted by atomic mass is 10.1. The molecule has 0 atom stereocenters. The third-order valence-corrected chi connectivity index (χ3v) is 5.48. The molecule has 0 N–H and O–H groups in total. The van der Waals surface area contributed by atoms with Crippen LogP contribution in [0.2, 0.25) is 0 Å². The van der Waals surface area contributed by atoms with E-state index < -0.39 is 0 Å². The first-order valence-corrected chi connectivity index (χ1v) is 9.85. The molecule has 3 heteroatoms. The average molecular weight is 358 g/mol. The van der Waals surface area contributed by atoms with Crippen molar-refractivity contribution in [2.24, 2.45) is 0 Å². The van der Waals surface area contributed by atoms with Crippen molar-refractivity contribution in [3.05, 3.63) is 71.4 Å². The molecule has 0 unspecified atom stereocenters. The summed E-state index contributed by atoms with van der Waals surface area (Å²) in [6, 6.07) is 19.2. The molecule has 1 aliphatic heterocycles. The van der Waals surface area contributed by atoms with Crippen LogP contribution in [-0.4, -0.2) is 42.6 Å². The molecule has 2 heterocycles. The predicted molar refractivity (Wildman–Crippen MR) is 116 cm³/mol. The van der Waals surface area contributed by atoms with Gasteiger partial charge in [0.2, 0.25) is 0 Å². The van der Waals surface area contributed by atoms with Gasteiger partial charge in [-0.1, -0.05) is 61.5 Å². The normalized spacial score (nSPS) is 15.7. The van der Waals surface area contributed by atoms with Crippen molar-refractivity contribution in [1.29, 1.82) is 0 Å². The number of aromatic nitrogens is 1. The fourth-order valence-corrected chi connectivity index (χ4v) is 3.75. The molecule has 138 valence electrons. The van der Waals surface area contributed by atoms with Crippen LogP contribution < -0.4 is 4.90 Å². The van der Waals surface area contributed by atoms with E-state index in [-0.39, 0.29) is 0 Å². The van der Waals surface area contributed by atoms with Crippen molar-refractivity contribution in [2.45, 2.75) is 13.8 Å². The minimum absolute atomic E-state index is 1.02. The molecule has 1 aromatic heterocycles. The van der Waals surface area contributed by atoms with Gasteiger partial charge in [-0.25, -0.2) is 4.98 Å². The SMILES string of the molecule is CCN1CCN(c2nc(/C=C/c3ccccc3C)cc3ccccc23)CC1. The van der Waals surface area contributed by atoms with Gasteiger partial charge in [0.1, 0.15) is 5.82 Å². The molecule has 0 aliphatic carbocycles. The summed E-state index contributed by atoms with van der Waals surface area (Å²) in [7, 11) is 0. The number of rotatable bonds is 4. The molecule has 1 saturated heterocycles. The first-order chi connectivity index (χ1) is 13.2. The Bertz CT molecular complexity index is 953. The summed E-state index contributed by atoms with van der Waals surface area (Å²) < 4.78 is 0. The van der Waals surface area contributed by atoms with Crippen LogP contribution in [0, 0.1) is 6.92 Å². The Balaban J connectivity index is 1.69. The summed E-state index contributed by atoms with van der Waals surface area (Å²) in [4.78, 5) is 9.99. The van der Waals surface area contributed by atoms with Crippen molar-refractivity contribution >= 4 is 28.7 Å². The summed E-state index contributed by atoms with van der Waals surface area (Å²) >= 11 is 0. The highest BCUT2D eigenvalue weighted by Crippen LogP contribution is 2.27. The predicted octanol–water partition coefficient (Wildman–Crippen LogP) is 4.86. The second kappa shape index (κ2) is 7.93. The van der Waals surface area contributed by atoms with E-state index in [1.807, 2.05) is 0 Å². The highest BCUT2D eigenvalue weighted by atomic mass is 15.3. The molecule has 3 aromatic rings. The standard InChI is InChI=1S/C24H27N3/c1-3-26-14-16-27(17-15-26)24-23-11-7-6-10-21(23)18-22(25-24)13-12-20-9-5-4-8-19(20)2/h4-13,18H,3,14-17H2,1-2H3/b13-12+. The summed E-state index contributed by atoms with van der Waals surface area (Å²) in [5.41, 5.74) is 3.54. The van der Waals surface area contributed by atoms with Crippen molar-refractivity contribution in [3.63, 3.8) is 0 Å². The third kappa shape index (κ3) is 3.88. The van der Waals surface area contributed by atoms with Crippen LogP contribution in [0.5, 0.6) is 0 Å². The van der Waals surface area contributed by atoms with E-state index in [0.29, 0.717) is 0 Å². The Morgan fingerprint density at radius 2 is 1.67 bits per heavy atom. The van der Waals surface area contributed by atoms with Gasteiger partial charge in [-0.05, 0) is 42.1 Å². The molecular formula is C24H27N3. The van der Waals surface area contributed by atoms with E-state index in [1.54, 1.807) is 0 Å². The maximum Gasteiger partial charge on any atom is 0.137 e. The molecule has 1 aliphatic rings. The zero-order valence-electron chi connectivity index (χ0n) is 16.2. The van der Waals surface area contributed by atoms with Crippen LogP contribution in [0.4, 0.5) is 5.82 Å². The number of anilines is 1. The summed E-state index contributed by atoms with van der Waals surface area (Å²) in [6.07, 6.45) is 4.31. The smallest absolute Gasteiger partial charge is 0.137 e. The topological polar surface area (TPSA) is 19.4 Å². The molecular weight excluding hydrogens is 330 g/mol. The van der Waals surface area contributed by atoms with Gasteiger partial charge in [-0.15, -0.1) is 0 Å². The minimum atomic E-state index is 1.02. The second-order valence-corrected chi connectivity index (χ2v) is 7.20. The molecule has 2 aromatic carbocycles. The number of nitrogens with zero attached hydrogens (tertiary/aromatic N) is 3. The third-order valence-electron chi connectivity index (χ3n) is 5.48. The fourth-order valence-electron chi connectivity index (χ4n) is 3.75. The van der Waals surface area contributed by atoms with E-state index in [9.17, 15) is 0 Å². The zero-order valence-corrected chi connectivity index (χ0v) is 16.2. The Morgan fingerprint density at radius 1 is 0.926 bits per heavy atom. The van der Waals surface area contributed by atoms with Crippen LogP contribution in [0.25, 0.3) is 22.9 Å². The summed E-state index contributed by atoms with van der Waals surface area (Å²) in [5, 5.41) is 2.50. The lowest BCUT2D eigenvalue weighted by Gasteiger charge is -2.35. The molecule has 27 heavy (non-hydrogen) atoms. The number of hydrogen-bond donors (Lipinski definition) is 0. The Kier molecular flexibility index (Phi) is 5.21. The van der Waals surface area contributed by atoms with Crippen molar-refractivity contribution in [3.8, 4) is 0 Å². The fraction of sp³-hybridized carbons (Fsp3) is 0.292. The van der Waals surface area contributed by atoms with Gasteiger partial charge in [-0.2, -0.15) is 0 Å². The van der Waals surface area contributed by atoms with Crippen molar-refractivity contribution in [1.82, 2.24) is 9.88 Å². The first kappa shape index (κ1) is 17.7. The van der Waals surface area contributed by atoms with E-state index in [1.165, 1.54) is 21.9 Å². The van der Waals surface area contributed by atoms with E-state index >= 15 is 0 Å². The summed E-state index contributed by atoms with van der Waals surface area (Å²) in [5.74, 6) is 1.12. The quantitative estimate of drug-likeness (QED) is 0.665. The maximum absolute atomic E-state index is 5.04. The highest BCUT2D eigenvalue weighted by Gasteiger charge is 2.19. The van der Waals surface area contributed by atoms with Gasteiger partial charge < -0.3 is 9.80 Å². The maximum atomic E-state index is 5.04. The van der Waals surface area contributed by atoms with Gasteiger partial charge in [0.05, 0.1) is 5.69 Å². The Labute approximate surface area is 161 Å². The molecule has 0 spiro atoms. The lowest BCUT2D eigenvalue weighted by Crippen LogP contribution is -2.46. The van der Waals surface area contributed by atoms with Crippen LogP contribution in [-0.2, 0) is 0 Å². The van der Waals surface area contributed by atoms with E-state index in [0.717, 1.165) is 44.2 Å². The number of benzene rings is 2. The van der Waals surface area contributed by atoms with Gasteiger partial charge >= 0.3 is 0 Å². The Morgan fingerprint density at radius 3 is 2.44 bits per heavy atom. The van der Waals surface area contributed by atoms with Gasteiger partial charge in [0.15, 0.2) is 0 Å². The zero-order chi connectivity index (χ0) is 18.6. The van der Waals surface area contributed by atoms with Gasteiger partial charge in [0, 0.05) is 31.6 Å². The minimum Gasteiger partial charge on any atom is -0.354 e. The number of piperazine rings is 1. The number of fused-ring (bicyclic) bond motifs is 1. The Hall–Kier alpha value is -2.65. The lowest BCUT2D eigenvalue weighted by molar-refractivity contribution is 0.271. The largest absolute Gasteiger partial charge is 0.354 e. The van der Waals surface area contributed by atoms with Crippen LogP contribution in [0.1, 0.15) is 23.7 Å². The van der Waals surface area contributed by atoms with Crippen LogP contribution in [0.3, 0.4) is 0 Å². The number of pyridine rings is 1. The second-order valence-electron chi connectivity index (χ2n) is 7.20. The molecule has 0 radical (unpaired) electrons. The molecule has 0 amide bonds. The summed E-state index contributed by atoms with van der Waals surface area (Å²) in [6.45, 7) is 9.80. The highest BCUT2D eigenvalue weighted by molar-refractivity contribution is 5.94. The molecule has 0 bridgehead atoms. The van der Waals surface area contributed by atoms with E-state index in [4.69, 9.17) is 4.98 Å². The average Bonchev–Trinajstić information content (AvgIpc) is 2.72. The molecule has 1 fully saturated rings.